The lowest BCUT2D eigenvalue weighted by atomic mass is 9.90. The highest BCUT2D eigenvalue weighted by Crippen LogP contribution is 2.36. The van der Waals surface area contributed by atoms with Gasteiger partial charge in [-0.05, 0) is 24.1 Å². The monoisotopic (exact) mass is 508 g/mol. The van der Waals surface area contributed by atoms with E-state index in [0.29, 0.717) is 16.3 Å². The van der Waals surface area contributed by atoms with Gasteiger partial charge < -0.3 is 10.4 Å². The molecule has 1 amide bonds. The Hall–Kier alpha value is -3.76. The molecule has 0 saturated heterocycles. The van der Waals surface area contributed by atoms with Crippen LogP contribution in [0.3, 0.4) is 0 Å². The number of carbonyl (C=O) groups excluding carboxylic acids is 3. The third-order valence-corrected chi connectivity index (χ3v) is 6.00. The summed E-state index contributed by atoms with van der Waals surface area (Å²) in [7, 11) is 0. The maximum Gasteiger partial charge on any atom is 0.416 e. The molecule has 0 saturated carbocycles. The van der Waals surface area contributed by atoms with E-state index in [0.717, 1.165) is 16.7 Å². The van der Waals surface area contributed by atoms with Gasteiger partial charge in [-0.25, -0.2) is 4.39 Å². The Bertz CT molecular complexity index is 1330. The van der Waals surface area contributed by atoms with Gasteiger partial charge in [0, 0.05) is 23.1 Å². The second-order valence-electron chi connectivity index (χ2n) is 8.79. The first-order chi connectivity index (χ1) is 16.8. The van der Waals surface area contributed by atoms with Crippen LogP contribution in [0.15, 0.2) is 42.5 Å². The van der Waals surface area contributed by atoms with Crippen LogP contribution in [0.5, 0.6) is 0 Å². The average Bonchev–Trinajstić information content (AvgIpc) is 3.14. The summed E-state index contributed by atoms with van der Waals surface area (Å²) in [5.41, 5.74) is -0.558. The molecule has 0 aliphatic heterocycles. The molecule has 2 atom stereocenters. The number of carboxylic acid groups (broad SMARTS) is 1. The van der Waals surface area contributed by atoms with Crippen molar-refractivity contribution in [1.82, 2.24) is 9.88 Å². The summed E-state index contributed by atoms with van der Waals surface area (Å²) in [6, 6.07) is 8.03. The van der Waals surface area contributed by atoms with Gasteiger partial charge in [-0.15, -0.1) is 0 Å². The molecule has 0 bridgehead atoms. The molecular formula is C25H24F4N2O5. The molecule has 1 heterocycles. The summed E-state index contributed by atoms with van der Waals surface area (Å²) in [5, 5.41) is 12.2. The quantitative estimate of drug-likeness (QED) is 0.411. The summed E-state index contributed by atoms with van der Waals surface area (Å²) in [5.74, 6) is -5.59. The minimum Gasteiger partial charge on any atom is -0.481 e. The van der Waals surface area contributed by atoms with Crippen LogP contribution in [-0.2, 0) is 20.6 Å². The predicted molar refractivity (Wildman–Crippen MR) is 123 cm³/mol. The first-order valence-electron chi connectivity index (χ1n) is 11.1. The molecule has 2 N–H and O–H groups in total. The van der Waals surface area contributed by atoms with Gasteiger partial charge in [0.2, 0.25) is 11.8 Å². The number of aliphatic carboxylic acids is 1. The Labute approximate surface area is 203 Å². The summed E-state index contributed by atoms with van der Waals surface area (Å²) >= 11 is 0. The van der Waals surface area contributed by atoms with E-state index < -0.39 is 72.7 Å². The number of hydrogen-bond acceptors (Lipinski definition) is 4. The SMILES string of the molecule is CC(C)[C@H](CC(=O)n1c2ccccc2c2ccc(C(F)(F)F)cc21)C(=O)NC(CC(=O)O)C(=O)CF. The standard InChI is InChI=1S/C25H24F4N2O5/c1-13(2)17(24(36)30-18(11-23(34)35)21(32)12-26)10-22(33)31-19-6-4-3-5-15(19)16-8-7-14(9-20(16)31)25(27,28)29/h3-9,13,17-18H,10-12H2,1-2H3,(H,30,36)(H,34,35)/t17-,18?/m0/s1. The van der Waals surface area contributed by atoms with Crippen molar-refractivity contribution in [3.8, 4) is 0 Å². The molecule has 7 nitrogen and oxygen atoms in total. The molecule has 11 heteroatoms. The van der Waals surface area contributed by atoms with Gasteiger partial charge in [-0.2, -0.15) is 13.2 Å². The topological polar surface area (TPSA) is 105 Å². The van der Waals surface area contributed by atoms with Crippen LogP contribution in [0.25, 0.3) is 21.8 Å². The molecule has 3 rings (SSSR count). The van der Waals surface area contributed by atoms with E-state index in [1.165, 1.54) is 6.07 Å². The van der Waals surface area contributed by atoms with E-state index in [-0.39, 0.29) is 5.52 Å². The van der Waals surface area contributed by atoms with Crippen molar-refractivity contribution in [3.05, 3.63) is 48.0 Å². The smallest absolute Gasteiger partial charge is 0.416 e. The Morgan fingerprint density at radius 2 is 1.61 bits per heavy atom. The van der Waals surface area contributed by atoms with Gasteiger partial charge in [0.1, 0.15) is 12.7 Å². The molecular weight excluding hydrogens is 484 g/mol. The highest BCUT2D eigenvalue weighted by molar-refractivity contribution is 6.13. The molecule has 36 heavy (non-hydrogen) atoms. The number of amides is 1. The Kier molecular flexibility index (Phi) is 7.80. The number of aromatic nitrogens is 1. The second kappa shape index (κ2) is 10.5. The van der Waals surface area contributed by atoms with Crippen molar-refractivity contribution in [2.45, 2.75) is 38.9 Å². The lowest BCUT2D eigenvalue weighted by molar-refractivity contribution is -0.141. The summed E-state index contributed by atoms with van der Waals surface area (Å²) < 4.78 is 54.2. The van der Waals surface area contributed by atoms with Crippen LogP contribution in [0, 0.1) is 11.8 Å². The second-order valence-corrected chi connectivity index (χ2v) is 8.79. The van der Waals surface area contributed by atoms with E-state index in [9.17, 15) is 36.7 Å². The number of fused-ring (bicyclic) bond motifs is 3. The van der Waals surface area contributed by atoms with Gasteiger partial charge in [-0.1, -0.05) is 38.1 Å². The molecule has 192 valence electrons. The number of carboxylic acids is 1. The van der Waals surface area contributed by atoms with Gasteiger partial charge in [0.05, 0.1) is 23.0 Å². The number of carbonyl (C=O) groups is 4. The van der Waals surface area contributed by atoms with Gasteiger partial charge in [-0.3, -0.25) is 23.7 Å². The van der Waals surface area contributed by atoms with Crippen LogP contribution in [-0.4, -0.2) is 46.0 Å². The van der Waals surface area contributed by atoms with Crippen LogP contribution in [0.1, 0.15) is 37.0 Å². The largest absolute Gasteiger partial charge is 0.481 e. The van der Waals surface area contributed by atoms with Crippen LogP contribution in [0.2, 0.25) is 0 Å². The number of halogens is 4. The van der Waals surface area contributed by atoms with Crippen molar-refractivity contribution in [2.75, 3.05) is 6.67 Å². The van der Waals surface area contributed by atoms with Crippen molar-refractivity contribution in [2.24, 2.45) is 11.8 Å². The number of benzene rings is 2. The van der Waals surface area contributed by atoms with Gasteiger partial charge in [0.15, 0.2) is 5.78 Å². The molecule has 1 unspecified atom stereocenters. The summed E-state index contributed by atoms with van der Waals surface area (Å²) in [4.78, 5) is 49.2. The highest BCUT2D eigenvalue weighted by Gasteiger charge is 2.33. The molecule has 0 spiro atoms. The third kappa shape index (κ3) is 5.55. The van der Waals surface area contributed by atoms with E-state index in [1.807, 2.05) is 0 Å². The molecule has 0 aliphatic carbocycles. The number of Topliss-reactive ketones (excluding diaryl/α,β-unsaturated/α-hetero) is 1. The number of rotatable bonds is 9. The molecule has 1 aromatic heterocycles. The maximum atomic E-state index is 13.4. The van der Waals surface area contributed by atoms with Crippen molar-refractivity contribution >= 4 is 45.4 Å². The fourth-order valence-electron chi connectivity index (χ4n) is 4.12. The Morgan fingerprint density at radius 3 is 2.19 bits per heavy atom. The Balaban J connectivity index is 2.01. The van der Waals surface area contributed by atoms with Crippen molar-refractivity contribution < 1.29 is 41.8 Å². The maximum absolute atomic E-state index is 13.4. The minimum atomic E-state index is -4.64. The first-order valence-corrected chi connectivity index (χ1v) is 11.1. The van der Waals surface area contributed by atoms with Crippen LogP contribution >= 0.6 is 0 Å². The Morgan fingerprint density at radius 1 is 0.972 bits per heavy atom. The zero-order chi connectivity index (χ0) is 26.8. The molecule has 2 aromatic carbocycles. The summed E-state index contributed by atoms with van der Waals surface area (Å²) in [6.45, 7) is 1.76. The number of ketones is 1. The van der Waals surface area contributed by atoms with Gasteiger partial charge >= 0.3 is 12.1 Å². The lowest BCUT2D eigenvalue weighted by Gasteiger charge is -2.23. The summed E-state index contributed by atoms with van der Waals surface area (Å²) in [6.07, 6.45) is -5.92. The van der Waals surface area contributed by atoms with Gasteiger partial charge in [0.25, 0.3) is 0 Å². The van der Waals surface area contributed by atoms with E-state index in [4.69, 9.17) is 5.11 Å². The molecule has 3 aromatic rings. The molecule has 0 radical (unpaired) electrons. The minimum absolute atomic E-state index is 0.0234. The number of alkyl halides is 4. The number of hydrogen-bond donors (Lipinski definition) is 2. The van der Waals surface area contributed by atoms with E-state index in [2.05, 4.69) is 5.32 Å². The van der Waals surface area contributed by atoms with Crippen LogP contribution in [0.4, 0.5) is 17.6 Å². The number of para-hydroxylation sites is 1. The zero-order valence-corrected chi connectivity index (χ0v) is 19.4. The number of nitrogens with zero attached hydrogens (tertiary/aromatic N) is 1. The first kappa shape index (κ1) is 26.8. The normalized spacial score (nSPS) is 13.6. The third-order valence-electron chi connectivity index (χ3n) is 6.00. The average molecular weight is 508 g/mol. The van der Waals surface area contributed by atoms with E-state index in [1.54, 1.807) is 38.1 Å². The van der Waals surface area contributed by atoms with E-state index >= 15 is 0 Å². The fourth-order valence-corrected chi connectivity index (χ4v) is 4.12. The zero-order valence-electron chi connectivity index (χ0n) is 19.4. The fraction of sp³-hybridized carbons (Fsp3) is 0.360. The number of nitrogens with one attached hydrogen (secondary N) is 1. The van der Waals surface area contributed by atoms with Crippen molar-refractivity contribution in [1.29, 1.82) is 0 Å². The van der Waals surface area contributed by atoms with Crippen molar-refractivity contribution in [3.63, 3.8) is 0 Å². The van der Waals surface area contributed by atoms with Crippen LogP contribution < -0.4 is 5.32 Å². The molecule has 0 aliphatic rings. The highest BCUT2D eigenvalue weighted by atomic mass is 19.4. The molecule has 0 fully saturated rings. The predicted octanol–water partition coefficient (Wildman–Crippen LogP) is 4.61. The lowest BCUT2D eigenvalue weighted by Crippen LogP contribution is -2.47.